The smallest absolute Gasteiger partial charge is 0.138 e. The number of aryl methyl sites for hydroxylation is 1. The molecular weight excluding hydrogens is 256 g/mol. The van der Waals surface area contributed by atoms with E-state index in [0.29, 0.717) is 6.04 Å². The van der Waals surface area contributed by atoms with Crippen molar-refractivity contribution in [2.24, 2.45) is 0 Å². The van der Waals surface area contributed by atoms with Crippen molar-refractivity contribution in [3.63, 3.8) is 0 Å². The Morgan fingerprint density at radius 1 is 1.37 bits per heavy atom. The van der Waals surface area contributed by atoms with E-state index in [-0.39, 0.29) is 0 Å². The minimum atomic E-state index is 0.541. The second kappa shape index (κ2) is 5.43. The third-order valence-corrected chi connectivity index (χ3v) is 4.98. The van der Waals surface area contributed by atoms with Gasteiger partial charge in [-0.2, -0.15) is 0 Å². The molecule has 102 valence electrons. The van der Waals surface area contributed by atoms with Crippen molar-refractivity contribution in [3.8, 4) is 0 Å². The lowest BCUT2D eigenvalue weighted by atomic mass is 10.1. The molecule has 5 heteroatoms. The molecular formula is C14H20N4S. The Morgan fingerprint density at radius 3 is 2.89 bits per heavy atom. The van der Waals surface area contributed by atoms with Crippen LogP contribution in [-0.4, -0.2) is 41.0 Å². The lowest BCUT2D eigenvalue weighted by molar-refractivity contribution is 0.264. The van der Waals surface area contributed by atoms with Gasteiger partial charge in [-0.25, -0.2) is 9.97 Å². The highest BCUT2D eigenvalue weighted by Gasteiger charge is 2.18. The summed E-state index contributed by atoms with van der Waals surface area (Å²) in [7, 11) is 2.19. The molecule has 0 aliphatic carbocycles. The molecule has 3 heterocycles. The number of fused-ring (bicyclic) bond motifs is 1. The SMILES string of the molecule is CCc1cc2c(NC3CCN(C)CC3)ncnc2s1. The Hall–Kier alpha value is -1.20. The summed E-state index contributed by atoms with van der Waals surface area (Å²) >= 11 is 1.77. The average Bonchev–Trinajstić information content (AvgIpc) is 2.85. The molecule has 0 spiro atoms. The summed E-state index contributed by atoms with van der Waals surface area (Å²) in [5.74, 6) is 1.01. The van der Waals surface area contributed by atoms with Crippen molar-refractivity contribution in [1.82, 2.24) is 14.9 Å². The van der Waals surface area contributed by atoms with E-state index in [1.165, 1.54) is 23.1 Å². The van der Waals surface area contributed by atoms with E-state index in [9.17, 15) is 0 Å². The van der Waals surface area contributed by atoms with Gasteiger partial charge in [0.25, 0.3) is 0 Å². The van der Waals surface area contributed by atoms with E-state index in [1.807, 2.05) is 0 Å². The Labute approximate surface area is 117 Å². The van der Waals surface area contributed by atoms with Gasteiger partial charge in [0.2, 0.25) is 0 Å². The fraction of sp³-hybridized carbons (Fsp3) is 0.571. The first-order valence-corrected chi connectivity index (χ1v) is 7.76. The molecule has 1 aliphatic rings. The molecule has 1 saturated heterocycles. The molecule has 19 heavy (non-hydrogen) atoms. The van der Waals surface area contributed by atoms with Gasteiger partial charge in [-0.05, 0) is 45.5 Å². The van der Waals surface area contributed by atoms with Crippen molar-refractivity contribution >= 4 is 27.4 Å². The Morgan fingerprint density at radius 2 is 2.16 bits per heavy atom. The van der Waals surface area contributed by atoms with Crippen LogP contribution in [0.3, 0.4) is 0 Å². The summed E-state index contributed by atoms with van der Waals surface area (Å²) in [5, 5.41) is 4.79. The molecule has 0 radical (unpaired) electrons. The van der Waals surface area contributed by atoms with E-state index in [1.54, 1.807) is 17.7 Å². The van der Waals surface area contributed by atoms with Gasteiger partial charge in [-0.3, -0.25) is 0 Å². The van der Waals surface area contributed by atoms with Crippen molar-refractivity contribution in [3.05, 3.63) is 17.3 Å². The number of rotatable bonds is 3. The first kappa shape index (κ1) is 12.8. The molecule has 0 unspecified atom stereocenters. The van der Waals surface area contributed by atoms with Crippen LogP contribution in [0.1, 0.15) is 24.6 Å². The van der Waals surface area contributed by atoms with Gasteiger partial charge in [0, 0.05) is 10.9 Å². The maximum atomic E-state index is 4.44. The molecule has 2 aromatic rings. The number of aromatic nitrogens is 2. The molecule has 0 atom stereocenters. The predicted molar refractivity (Wildman–Crippen MR) is 80.9 cm³/mol. The zero-order valence-corrected chi connectivity index (χ0v) is 12.3. The fourth-order valence-electron chi connectivity index (χ4n) is 2.54. The minimum Gasteiger partial charge on any atom is -0.367 e. The number of nitrogens with zero attached hydrogens (tertiary/aromatic N) is 3. The highest BCUT2D eigenvalue weighted by Crippen LogP contribution is 2.29. The Kier molecular flexibility index (Phi) is 3.66. The lowest BCUT2D eigenvalue weighted by Crippen LogP contribution is -2.36. The minimum absolute atomic E-state index is 0.541. The maximum absolute atomic E-state index is 4.44. The topological polar surface area (TPSA) is 41.0 Å². The van der Waals surface area contributed by atoms with Gasteiger partial charge < -0.3 is 10.2 Å². The van der Waals surface area contributed by atoms with Crippen LogP contribution >= 0.6 is 11.3 Å². The first-order valence-electron chi connectivity index (χ1n) is 6.94. The predicted octanol–water partition coefficient (Wildman–Crippen LogP) is 2.76. The Bertz CT molecular complexity index is 558. The average molecular weight is 276 g/mol. The molecule has 0 aromatic carbocycles. The van der Waals surface area contributed by atoms with Crippen LogP contribution in [0.2, 0.25) is 0 Å². The zero-order valence-electron chi connectivity index (χ0n) is 11.5. The summed E-state index contributed by atoms with van der Waals surface area (Å²) in [5.41, 5.74) is 0. The van der Waals surface area contributed by atoms with E-state index in [4.69, 9.17) is 0 Å². The quantitative estimate of drug-likeness (QED) is 0.936. The van der Waals surface area contributed by atoms with Crippen LogP contribution in [-0.2, 0) is 6.42 Å². The monoisotopic (exact) mass is 276 g/mol. The van der Waals surface area contributed by atoms with E-state index >= 15 is 0 Å². The van der Waals surface area contributed by atoms with Crippen molar-refractivity contribution in [2.45, 2.75) is 32.2 Å². The normalized spacial score (nSPS) is 18.0. The third-order valence-electron chi connectivity index (χ3n) is 3.79. The van der Waals surface area contributed by atoms with Gasteiger partial charge in [0.1, 0.15) is 17.0 Å². The molecule has 0 saturated carbocycles. The number of piperidine rings is 1. The molecule has 0 amide bonds. The van der Waals surface area contributed by atoms with Crippen LogP contribution in [0.5, 0.6) is 0 Å². The van der Waals surface area contributed by atoms with Gasteiger partial charge in [0.15, 0.2) is 0 Å². The fourth-order valence-corrected chi connectivity index (χ4v) is 3.48. The van der Waals surface area contributed by atoms with Crippen LogP contribution < -0.4 is 5.32 Å². The van der Waals surface area contributed by atoms with Crippen LogP contribution in [0.15, 0.2) is 12.4 Å². The third kappa shape index (κ3) is 2.72. The molecule has 2 aromatic heterocycles. The second-order valence-electron chi connectivity index (χ2n) is 5.23. The van der Waals surface area contributed by atoms with E-state index in [0.717, 1.165) is 30.2 Å². The number of hydrogen-bond donors (Lipinski definition) is 1. The number of likely N-dealkylation sites (tertiary alicyclic amines) is 1. The highest BCUT2D eigenvalue weighted by atomic mass is 32.1. The number of nitrogens with one attached hydrogen (secondary N) is 1. The van der Waals surface area contributed by atoms with E-state index < -0.39 is 0 Å². The van der Waals surface area contributed by atoms with Crippen LogP contribution in [0, 0.1) is 0 Å². The second-order valence-corrected chi connectivity index (χ2v) is 6.34. The van der Waals surface area contributed by atoms with Crippen molar-refractivity contribution < 1.29 is 0 Å². The van der Waals surface area contributed by atoms with Gasteiger partial charge in [-0.15, -0.1) is 11.3 Å². The molecule has 4 nitrogen and oxygen atoms in total. The summed E-state index contributed by atoms with van der Waals surface area (Å²) in [6, 6.07) is 2.77. The van der Waals surface area contributed by atoms with Crippen LogP contribution in [0.25, 0.3) is 10.2 Å². The zero-order chi connectivity index (χ0) is 13.2. The van der Waals surface area contributed by atoms with E-state index in [2.05, 4.69) is 40.2 Å². The first-order chi connectivity index (χ1) is 9.26. The standard InChI is InChI=1S/C14H20N4S/c1-3-11-8-12-13(15-9-16-14(12)19-11)17-10-4-6-18(2)7-5-10/h8-10H,3-7H2,1-2H3,(H,15,16,17). The summed E-state index contributed by atoms with van der Waals surface area (Å²) in [6.45, 7) is 4.51. The summed E-state index contributed by atoms with van der Waals surface area (Å²) < 4.78 is 0. The van der Waals surface area contributed by atoms with Gasteiger partial charge in [0.05, 0.1) is 5.39 Å². The van der Waals surface area contributed by atoms with Crippen LogP contribution in [0.4, 0.5) is 5.82 Å². The largest absolute Gasteiger partial charge is 0.367 e. The van der Waals surface area contributed by atoms with Crippen molar-refractivity contribution in [1.29, 1.82) is 0 Å². The summed E-state index contributed by atoms with van der Waals surface area (Å²) in [4.78, 5) is 13.7. The maximum Gasteiger partial charge on any atom is 0.138 e. The molecule has 3 rings (SSSR count). The Balaban J connectivity index is 1.82. The number of anilines is 1. The van der Waals surface area contributed by atoms with Gasteiger partial charge >= 0.3 is 0 Å². The highest BCUT2D eigenvalue weighted by molar-refractivity contribution is 7.18. The molecule has 1 aliphatic heterocycles. The molecule has 1 N–H and O–H groups in total. The van der Waals surface area contributed by atoms with Crippen molar-refractivity contribution in [2.75, 3.05) is 25.5 Å². The molecule has 0 bridgehead atoms. The summed E-state index contributed by atoms with van der Waals surface area (Å²) in [6.07, 6.45) is 5.11. The lowest BCUT2D eigenvalue weighted by Gasteiger charge is -2.29. The number of hydrogen-bond acceptors (Lipinski definition) is 5. The van der Waals surface area contributed by atoms with Gasteiger partial charge in [-0.1, -0.05) is 6.92 Å². The number of thiophene rings is 1. The molecule has 1 fully saturated rings.